The van der Waals surface area contributed by atoms with Crippen LogP contribution in [0.25, 0.3) is 0 Å². The van der Waals surface area contributed by atoms with E-state index in [-0.39, 0.29) is 36.8 Å². The molecule has 2 saturated carbocycles. The van der Waals surface area contributed by atoms with Crippen LogP contribution in [0.5, 0.6) is 0 Å². The Kier molecular flexibility index (Phi) is 8.77. The molecule has 3 rings (SSSR count). The third kappa shape index (κ3) is 4.18. The highest BCUT2D eigenvalue weighted by Crippen LogP contribution is 2.48. The van der Waals surface area contributed by atoms with Gasteiger partial charge in [-0.1, -0.05) is 6.92 Å². The van der Waals surface area contributed by atoms with Crippen molar-refractivity contribution in [3.05, 3.63) is 0 Å². The first-order valence-electron chi connectivity index (χ1n) is 8.93. The van der Waals surface area contributed by atoms with Gasteiger partial charge in [0.1, 0.15) is 0 Å². The number of ether oxygens (including phenoxy) is 1. The van der Waals surface area contributed by atoms with E-state index in [1.807, 2.05) is 0 Å². The molecule has 0 radical (unpaired) electrons. The van der Waals surface area contributed by atoms with Gasteiger partial charge in [-0.05, 0) is 37.5 Å². The molecule has 3 aliphatic rings. The average Bonchev–Trinajstić information content (AvgIpc) is 3.13. The Labute approximate surface area is 158 Å². The fourth-order valence-electron chi connectivity index (χ4n) is 4.90. The predicted octanol–water partition coefficient (Wildman–Crippen LogP) is 1.77. The molecule has 1 amide bonds. The van der Waals surface area contributed by atoms with Crippen molar-refractivity contribution >= 4 is 30.7 Å². The molecule has 2 bridgehead atoms. The monoisotopic (exact) mass is 381 g/mol. The summed E-state index contributed by atoms with van der Waals surface area (Å²) in [5.41, 5.74) is 6.36. The van der Waals surface area contributed by atoms with Gasteiger partial charge in [0.15, 0.2) is 0 Å². The lowest BCUT2D eigenvalue weighted by atomic mass is 9.83. The third-order valence-corrected chi connectivity index (χ3v) is 6.24. The van der Waals surface area contributed by atoms with Gasteiger partial charge >= 0.3 is 0 Å². The van der Waals surface area contributed by atoms with Gasteiger partial charge in [-0.2, -0.15) is 0 Å². The number of rotatable bonds is 5. The lowest BCUT2D eigenvalue weighted by Crippen LogP contribution is -2.58. The predicted molar refractivity (Wildman–Crippen MR) is 101 cm³/mol. The number of hydrogen-bond acceptors (Lipinski definition) is 4. The van der Waals surface area contributed by atoms with Gasteiger partial charge in [-0.25, -0.2) is 0 Å². The van der Waals surface area contributed by atoms with Crippen molar-refractivity contribution in [2.75, 3.05) is 39.9 Å². The number of nitrogens with two attached hydrogens (primary N) is 1. The summed E-state index contributed by atoms with van der Waals surface area (Å²) < 4.78 is 5.20. The van der Waals surface area contributed by atoms with Crippen LogP contribution in [-0.4, -0.2) is 67.7 Å². The van der Waals surface area contributed by atoms with Gasteiger partial charge in [-0.3, -0.25) is 9.69 Å². The molecule has 24 heavy (non-hydrogen) atoms. The van der Waals surface area contributed by atoms with Crippen molar-refractivity contribution in [1.29, 1.82) is 0 Å². The van der Waals surface area contributed by atoms with Crippen molar-refractivity contribution in [2.24, 2.45) is 23.5 Å². The van der Waals surface area contributed by atoms with E-state index in [0.29, 0.717) is 23.8 Å². The van der Waals surface area contributed by atoms with Gasteiger partial charge in [0.2, 0.25) is 5.91 Å². The molecule has 142 valence electrons. The zero-order valence-corrected chi connectivity index (χ0v) is 16.5. The number of methoxy groups -OCH3 is 1. The SMILES string of the molecule is CCC1CN(C(=O)C2C3CCC(C3)C2N)CCN1CCOC.Cl.Cl. The second kappa shape index (κ2) is 9.58. The number of fused-ring (bicyclic) bond motifs is 2. The van der Waals surface area contributed by atoms with Gasteiger partial charge in [0.25, 0.3) is 0 Å². The molecule has 1 aliphatic heterocycles. The standard InChI is InChI=1S/C17H31N3O2.2ClH/c1-3-14-11-20(7-6-19(14)8-9-22-2)17(21)15-12-4-5-13(10-12)16(15)18;;/h12-16H,3-11,18H2,1-2H3;2*1H. The smallest absolute Gasteiger partial charge is 0.227 e. The molecule has 3 fully saturated rings. The number of hydrogen-bond donors (Lipinski definition) is 1. The lowest BCUT2D eigenvalue weighted by Gasteiger charge is -2.43. The van der Waals surface area contributed by atoms with Crippen molar-refractivity contribution in [1.82, 2.24) is 9.80 Å². The van der Waals surface area contributed by atoms with Crippen LogP contribution in [0.15, 0.2) is 0 Å². The molecule has 2 aliphatic carbocycles. The normalized spacial score (nSPS) is 35.5. The average molecular weight is 382 g/mol. The van der Waals surface area contributed by atoms with E-state index in [4.69, 9.17) is 10.5 Å². The van der Waals surface area contributed by atoms with Crippen LogP contribution >= 0.6 is 24.8 Å². The number of nitrogens with zero attached hydrogens (tertiary/aromatic N) is 2. The highest BCUT2D eigenvalue weighted by atomic mass is 35.5. The fraction of sp³-hybridized carbons (Fsp3) is 0.941. The van der Waals surface area contributed by atoms with Gasteiger partial charge in [0, 0.05) is 45.4 Å². The summed E-state index contributed by atoms with van der Waals surface area (Å²) in [4.78, 5) is 17.6. The molecule has 0 spiro atoms. The summed E-state index contributed by atoms with van der Waals surface area (Å²) in [5, 5.41) is 0. The first-order chi connectivity index (χ1) is 10.7. The molecule has 1 heterocycles. The second-order valence-electron chi connectivity index (χ2n) is 7.31. The molecule has 0 aromatic rings. The highest BCUT2D eigenvalue weighted by molar-refractivity contribution is 5.85. The number of halogens is 2. The van der Waals surface area contributed by atoms with Crippen LogP contribution in [0.1, 0.15) is 32.6 Å². The van der Waals surface area contributed by atoms with Gasteiger partial charge in [0.05, 0.1) is 12.5 Å². The Morgan fingerprint density at radius 1 is 1.21 bits per heavy atom. The molecule has 0 aromatic carbocycles. The van der Waals surface area contributed by atoms with Crippen molar-refractivity contribution in [3.63, 3.8) is 0 Å². The number of piperazine rings is 1. The maximum atomic E-state index is 13.0. The Hall–Kier alpha value is -0.0700. The van der Waals surface area contributed by atoms with E-state index in [9.17, 15) is 4.79 Å². The van der Waals surface area contributed by atoms with E-state index < -0.39 is 0 Å². The molecular weight excluding hydrogens is 349 g/mol. The minimum Gasteiger partial charge on any atom is -0.383 e. The molecule has 5 unspecified atom stereocenters. The Morgan fingerprint density at radius 3 is 2.50 bits per heavy atom. The summed E-state index contributed by atoms with van der Waals surface area (Å²) in [7, 11) is 1.75. The number of carbonyl (C=O) groups is 1. The molecule has 7 heteroatoms. The van der Waals surface area contributed by atoms with Crippen LogP contribution in [0.4, 0.5) is 0 Å². The fourth-order valence-corrected chi connectivity index (χ4v) is 4.90. The number of amides is 1. The summed E-state index contributed by atoms with van der Waals surface area (Å²) in [5.74, 6) is 1.59. The topological polar surface area (TPSA) is 58.8 Å². The van der Waals surface area contributed by atoms with Crippen molar-refractivity contribution < 1.29 is 9.53 Å². The van der Waals surface area contributed by atoms with E-state index in [1.165, 1.54) is 19.3 Å². The first-order valence-corrected chi connectivity index (χ1v) is 8.93. The third-order valence-electron chi connectivity index (χ3n) is 6.24. The van der Waals surface area contributed by atoms with Crippen molar-refractivity contribution in [3.8, 4) is 0 Å². The maximum absolute atomic E-state index is 13.0. The minimum absolute atomic E-state index is 0. The summed E-state index contributed by atoms with van der Waals surface area (Å²) >= 11 is 0. The van der Waals surface area contributed by atoms with Gasteiger partial charge < -0.3 is 15.4 Å². The largest absolute Gasteiger partial charge is 0.383 e. The van der Waals surface area contributed by atoms with E-state index in [2.05, 4.69) is 16.7 Å². The highest BCUT2D eigenvalue weighted by Gasteiger charge is 2.50. The summed E-state index contributed by atoms with van der Waals surface area (Å²) in [6.07, 6.45) is 4.70. The van der Waals surface area contributed by atoms with Gasteiger partial charge in [-0.15, -0.1) is 24.8 Å². The zero-order valence-electron chi connectivity index (χ0n) is 14.9. The minimum atomic E-state index is 0. The van der Waals surface area contributed by atoms with E-state index in [0.717, 1.165) is 39.2 Å². The van der Waals surface area contributed by atoms with Crippen molar-refractivity contribution in [2.45, 2.75) is 44.7 Å². The Balaban J connectivity index is 0.00000144. The van der Waals surface area contributed by atoms with Crippen LogP contribution in [0.2, 0.25) is 0 Å². The number of carbonyl (C=O) groups excluding carboxylic acids is 1. The molecule has 0 aromatic heterocycles. The maximum Gasteiger partial charge on any atom is 0.227 e. The molecule has 5 nitrogen and oxygen atoms in total. The van der Waals surface area contributed by atoms with Crippen LogP contribution in [0.3, 0.4) is 0 Å². The summed E-state index contributed by atoms with van der Waals surface area (Å²) in [6, 6.07) is 0.570. The Bertz CT molecular complexity index is 411. The lowest BCUT2D eigenvalue weighted by molar-refractivity contribution is -0.141. The summed E-state index contributed by atoms with van der Waals surface area (Å²) in [6.45, 7) is 6.61. The first kappa shape index (κ1) is 22.0. The van der Waals surface area contributed by atoms with Crippen LogP contribution < -0.4 is 5.73 Å². The molecule has 1 saturated heterocycles. The molecule has 5 atom stereocenters. The van der Waals surface area contributed by atoms with E-state index in [1.54, 1.807) is 7.11 Å². The molecule has 2 N–H and O–H groups in total. The van der Waals surface area contributed by atoms with Crippen LogP contribution in [0, 0.1) is 17.8 Å². The van der Waals surface area contributed by atoms with E-state index >= 15 is 0 Å². The second-order valence-corrected chi connectivity index (χ2v) is 7.31. The van der Waals surface area contributed by atoms with Crippen LogP contribution in [-0.2, 0) is 9.53 Å². The molecular formula is C17H33Cl2N3O2. The quantitative estimate of drug-likeness (QED) is 0.788. The Morgan fingerprint density at radius 2 is 1.92 bits per heavy atom. The zero-order chi connectivity index (χ0) is 15.7.